The van der Waals surface area contributed by atoms with E-state index in [1.807, 2.05) is 20.8 Å². The molecule has 0 saturated carbocycles. The van der Waals surface area contributed by atoms with Crippen LogP contribution in [0.1, 0.15) is 20.8 Å². The fourth-order valence-electron chi connectivity index (χ4n) is 2.39. The first-order valence-corrected chi connectivity index (χ1v) is 12.9. The van der Waals surface area contributed by atoms with E-state index in [2.05, 4.69) is 4.74 Å². The second-order valence-corrected chi connectivity index (χ2v) is 8.82. The molecule has 0 aromatic heterocycles. The number of ether oxygens (including phenoxy) is 10. The Morgan fingerprint density at radius 2 is 0.868 bits per heavy atom. The smallest absolute Gasteiger partial charge is 0.410 e. The largest absolute Gasteiger partial charge is 0.467 e. The van der Waals surface area contributed by atoms with Crippen LogP contribution >= 0.6 is 0 Å². The summed E-state index contributed by atoms with van der Waals surface area (Å²) in [4.78, 5) is 24.1. The van der Waals surface area contributed by atoms with Gasteiger partial charge < -0.3 is 52.3 Å². The van der Waals surface area contributed by atoms with Crippen molar-refractivity contribution in [3.05, 3.63) is 0 Å². The lowest BCUT2D eigenvalue weighted by atomic mass is 10.2. The van der Waals surface area contributed by atoms with Crippen molar-refractivity contribution in [1.29, 1.82) is 0 Å². The molecule has 13 nitrogen and oxygen atoms in total. The van der Waals surface area contributed by atoms with E-state index >= 15 is 0 Å². The fraction of sp³-hybridized carbons (Fsp3) is 0.920. The highest BCUT2D eigenvalue weighted by Gasteiger charge is 2.19. The van der Waals surface area contributed by atoms with E-state index in [1.54, 1.807) is 7.05 Å². The Morgan fingerprint density at radius 3 is 1.18 bits per heavy atom. The summed E-state index contributed by atoms with van der Waals surface area (Å²) >= 11 is 0. The summed E-state index contributed by atoms with van der Waals surface area (Å²) in [5, 5.41) is 0. The molecule has 0 aliphatic rings. The highest BCUT2D eigenvalue weighted by atomic mass is 16.6. The van der Waals surface area contributed by atoms with Gasteiger partial charge in [0.2, 0.25) is 0 Å². The lowest BCUT2D eigenvalue weighted by Gasteiger charge is -2.24. The zero-order valence-electron chi connectivity index (χ0n) is 23.9. The number of hydrogen-bond donors (Lipinski definition) is 0. The molecule has 0 aromatic carbocycles. The number of hydrogen-bond acceptors (Lipinski definition) is 12. The third-order valence-corrected chi connectivity index (χ3v) is 4.33. The van der Waals surface area contributed by atoms with Gasteiger partial charge in [0.05, 0.1) is 106 Å². The number of likely N-dealkylation sites (N-methyl/N-ethyl adjacent to an activating group) is 1. The van der Waals surface area contributed by atoms with Gasteiger partial charge in [-0.2, -0.15) is 0 Å². The third-order valence-electron chi connectivity index (χ3n) is 4.33. The average molecular weight is 556 g/mol. The zero-order valence-corrected chi connectivity index (χ0v) is 23.9. The molecule has 0 rings (SSSR count). The van der Waals surface area contributed by atoms with Crippen LogP contribution in [0.15, 0.2) is 0 Å². The number of carbonyl (C=O) groups excluding carboxylic acids is 2. The molecule has 0 radical (unpaired) electrons. The van der Waals surface area contributed by atoms with E-state index in [9.17, 15) is 9.59 Å². The van der Waals surface area contributed by atoms with Gasteiger partial charge in [0.25, 0.3) is 0 Å². The van der Waals surface area contributed by atoms with Crippen LogP contribution in [0.5, 0.6) is 0 Å². The van der Waals surface area contributed by atoms with Crippen molar-refractivity contribution >= 4 is 12.1 Å². The SMILES string of the molecule is COC(=O)COCCOCCOCCOCCOCCOCCOCCOCCN(C)C(=O)OC(C)(C)C. The highest BCUT2D eigenvalue weighted by molar-refractivity contribution is 5.70. The summed E-state index contributed by atoms with van der Waals surface area (Å²) in [6.45, 7) is 12.6. The van der Waals surface area contributed by atoms with Crippen LogP contribution in [-0.4, -0.2) is 149 Å². The lowest BCUT2D eigenvalue weighted by Crippen LogP contribution is -2.36. The Kier molecular flexibility index (Phi) is 24.6. The van der Waals surface area contributed by atoms with Gasteiger partial charge in [0.15, 0.2) is 0 Å². The van der Waals surface area contributed by atoms with Crippen molar-refractivity contribution in [2.45, 2.75) is 26.4 Å². The van der Waals surface area contributed by atoms with Crippen molar-refractivity contribution < 1.29 is 57.0 Å². The molecule has 0 aromatic rings. The van der Waals surface area contributed by atoms with E-state index in [4.69, 9.17) is 42.6 Å². The van der Waals surface area contributed by atoms with E-state index in [1.165, 1.54) is 12.0 Å². The molecule has 0 spiro atoms. The monoisotopic (exact) mass is 555 g/mol. The van der Waals surface area contributed by atoms with Gasteiger partial charge in [0.1, 0.15) is 12.2 Å². The molecule has 0 heterocycles. The number of rotatable bonds is 26. The zero-order chi connectivity index (χ0) is 28.3. The van der Waals surface area contributed by atoms with E-state index in [0.717, 1.165) is 0 Å². The molecule has 0 aliphatic carbocycles. The van der Waals surface area contributed by atoms with E-state index in [-0.39, 0.29) is 12.7 Å². The van der Waals surface area contributed by atoms with Crippen LogP contribution in [0.25, 0.3) is 0 Å². The first-order valence-electron chi connectivity index (χ1n) is 12.9. The summed E-state index contributed by atoms with van der Waals surface area (Å²) in [5.41, 5.74) is -0.510. The molecule has 0 atom stereocenters. The maximum atomic E-state index is 11.8. The number of methoxy groups -OCH3 is 1. The number of amides is 1. The van der Waals surface area contributed by atoms with E-state index < -0.39 is 11.6 Å². The Bertz CT molecular complexity index is 559. The average Bonchev–Trinajstić information content (AvgIpc) is 2.87. The van der Waals surface area contributed by atoms with Crippen molar-refractivity contribution in [2.24, 2.45) is 0 Å². The standard InChI is InChI=1S/C25H49NO12/c1-25(2,3)38-24(28)26(4)6-7-30-8-9-31-10-11-32-12-13-33-14-15-34-16-17-35-18-19-36-20-21-37-22-23(27)29-5/h6-22H2,1-5H3. The van der Waals surface area contributed by atoms with E-state index in [0.29, 0.717) is 106 Å². The van der Waals surface area contributed by atoms with Crippen LogP contribution in [-0.2, 0) is 52.2 Å². The second-order valence-electron chi connectivity index (χ2n) is 8.82. The molecule has 13 heteroatoms. The molecule has 0 bridgehead atoms. The molecule has 0 aliphatic heterocycles. The highest BCUT2D eigenvalue weighted by Crippen LogP contribution is 2.08. The maximum Gasteiger partial charge on any atom is 0.410 e. The quantitative estimate of drug-likeness (QED) is 0.112. The predicted octanol–water partition coefficient (Wildman–Crippen LogP) is 1.16. The normalized spacial score (nSPS) is 11.5. The molecular weight excluding hydrogens is 506 g/mol. The van der Waals surface area contributed by atoms with Crippen molar-refractivity contribution in [1.82, 2.24) is 4.90 Å². The minimum atomic E-state index is -0.510. The Morgan fingerprint density at radius 1 is 0.553 bits per heavy atom. The van der Waals surface area contributed by atoms with Gasteiger partial charge in [-0.3, -0.25) is 0 Å². The summed E-state index contributed by atoms with van der Waals surface area (Å²) in [7, 11) is 2.99. The maximum absolute atomic E-state index is 11.8. The Labute approximate surface area is 227 Å². The molecule has 0 unspecified atom stereocenters. The third kappa shape index (κ3) is 27.5. The van der Waals surface area contributed by atoms with Gasteiger partial charge in [-0.05, 0) is 20.8 Å². The minimum absolute atomic E-state index is 0.0725. The number of carbonyl (C=O) groups is 2. The van der Waals surface area contributed by atoms with Gasteiger partial charge in [-0.15, -0.1) is 0 Å². The van der Waals surface area contributed by atoms with Crippen LogP contribution in [0.2, 0.25) is 0 Å². The van der Waals surface area contributed by atoms with Gasteiger partial charge >= 0.3 is 12.1 Å². The van der Waals surface area contributed by atoms with Crippen molar-refractivity contribution in [3.8, 4) is 0 Å². The summed E-state index contributed by atoms with van der Waals surface area (Å²) in [5.74, 6) is -0.410. The molecule has 0 N–H and O–H groups in total. The van der Waals surface area contributed by atoms with Crippen LogP contribution in [0, 0.1) is 0 Å². The van der Waals surface area contributed by atoms with Crippen molar-refractivity contribution in [3.63, 3.8) is 0 Å². The van der Waals surface area contributed by atoms with Gasteiger partial charge in [0, 0.05) is 13.6 Å². The van der Waals surface area contributed by atoms with Gasteiger partial charge in [-0.25, -0.2) is 9.59 Å². The van der Waals surface area contributed by atoms with Crippen LogP contribution in [0.3, 0.4) is 0 Å². The minimum Gasteiger partial charge on any atom is -0.467 e. The molecule has 38 heavy (non-hydrogen) atoms. The first kappa shape index (κ1) is 36.4. The van der Waals surface area contributed by atoms with Crippen LogP contribution < -0.4 is 0 Å². The molecule has 226 valence electrons. The first-order chi connectivity index (χ1) is 18.3. The van der Waals surface area contributed by atoms with Crippen LogP contribution in [0.4, 0.5) is 4.79 Å². The molecule has 0 saturated heterocycles. The predicted molar refractivity (Wildman–Crippen MR) is 137 cm³/mol. The topological polar surface area (TPSA) is 130 Å². The summed E-state index contributed by atoms with van der Waals surface area (Å²) in [6, 6.07) is 0. The number of nitrogens with zero attached hydrogens (tertiary/aromatic N) is 1. The Hall–Kier alpha value is -1.58. The lowest BCUT2D eigenvalue weighted by molar-refractivity contribution is -0.146. The van der Waals surface area contributed by atoms with Gasteiger partial charge in [-0.1, -0.05) is 0 Å². The summed E-state index contributed by atoms with van der Waals surface area (Å²) < 4.78 is 52.6. The Balaban J connectivity index is 3.19. The second kappa shape index (κ2) is 25.7. The molecular formula is C25H49NO12. The number of esters is 1. The molecule has 1 amide bonds. The van der Waals surface area contributed by atoms with Crippen molar-refractivity contribution in [2.75, 3.05) is 126 Å². The fourth-order valence-corrected chi connectivity index (χ4v) is 2.39. The molecule has 0 fully saturated rings. The summed E-state index contributed by atoms with van der Waals surface area (Å²) in [6.07, 6.45) is -0.367.